The number of carbonyl (C=O) groups excluding carboxylic acids is 1. The number of rotatable bonds is 5. The molecule has 0 aromatic carbocycles. The SMILES string of the molecule is CCC(C(N)=O)N(CC(=O)O)C(C)(C)C. The third-order valence-electron chi connectivity index (χ3n) is 2.26. The second-order valence-electron chi connectivity index (χ2n) is 4.52. The van der Waals surface area contributed by atoms with E-state index in [9.17, 15) is 9.59 Å². The fraction of sp³-hybridized carbons (Fsp3) is 0.800. The Hall–Kier alpha value is -1.10. The van der Waals surface area contributed by atoms with Crippen molar-refractivity contribution >= 4 is 11.9 Å². The molecule has 0 saturated heterocycles. The minimum absolute atomic E-state index is 0.176. The predicted molar refractivity (Wildman–Crippen MR) is 57.4 cm³/mol. The molecule has 0 fully saturated rings. The van der Waals surface area contributed by atoms with E-state index >= 15 is 0 Å². The summed E-state index contributed by atoms with van der Waals surface area (Å²) < 4.78 is 0. The summed E-state index contributed by atoms with van der Waals surface area (Å²) >= 11 is 0. The molecule has 0 heterocycles. The molecule has 1 unspecified atom stereocenters. The van der Waals surface area contributed by atoms with Gasteiger partial charge in [-0.2, -0.15) is 0 Å². The summed E-state index contributed by atoms with van der Waals surface area (Å²) in [5.74, 6) is -1.43. The highest BCUT2D eigenvalue weighted by Crippen LogP contribution is 2.18. The van der Waals surface area contributed by atoms with Crippen molar-refractivity contribution in [3.8, 4) is 0 Å². The monoisotopic (exact) mass is 216 g/mol. The highest BCUT2D eigenvalue weighted by molar-refractivity contribution is 5.80. The van der Waals surface area contributed by atoms with Gasteiger partial charge in [-0.1, -0.05) is 6.92 Å². The quantitative estimate of drug-likeness (QED) is 0.698. The Bertz CT molecular complexity index is 246. The van der Waals surface area contributed by atoms with Crippen LogP contribution in [0.15, 0.2) is 0 Å². The van der Waals surface area contributed by atoms with E-state index in [1.165, 1.54) is 0 Å². The Morgan fingerprint density at radius 3 is 2.07 bits per heavy atom. The fourth-order valence-corrected chi connectivity index (χ4v) is 1.54. The van der Waals surface area contributed by atoms with Crippen LogP contribution in [0.5, 0.6) is 0 Å². The molecule has 88 valence electrons. The number of nitrogens with two attached hydrogens (primary N) is 1. The Morgan fingerprint density at radius 1 is 1.40 bits per heavy atom. The van der Waals surface area contributed by atoms with Gasteiger partial charge in [-0.25, -0.2) is 0 Å². The van der Waals surface area contributed by atoms with Crippen molar-refractivity contribution in [3.63, 3.8) is 0 Å². The maximum Gasteiger partial charge on any atom is 0.317 e. The normalized spacial score (nSPS) is 13.9. The lowest BCUT2D eigenvalue weighted by Crippen LogP contribution is -2.55. The lowest BCUT2D eigenvalue weighted by atomic mass is 10.0. The zero-order chi connectivity index (χ0) is 12.2. The molecule has 0 aromatic rings. The van der Waals surface area contributed by atoms with E-state index in [1.807, 2.05) is 27.7 Å². The standard InChI is InChI=1S/C10H20N2O3/c1-5-7(9(11)15)12(6-8(13)14)10(2,3)4/h7H,5-6H2,1-4H3,(H2,11,15)(H,13,14). The molecule has 0 radical (unpaired) electrons. The first-order valence-corrected chi connectivity index (χ1v) is 4.98. The van der Waals surface area contributed by atoms with E-state index in [4.69, 9.17) is 10.8 Å². The van der Waals surface area contributed by atoms with Crippen LogP contribution in [0, 0.1) is 0 Å². The largest absolute Gasteiger partial charge is 0.480 e. The zero-order valence-corrected chi connectivity index (χ0v) is 9.78. The number of amides is 1. The Morgan fingerprint density at radius 2 is 1.87 bits per heavy atom. The summed E-state index contributed by atoms with van der Waals surface area (Å²) in [4.78, 5) is 23.5. The molecule has 0 aromatic heterocycles. The van der Waals surface area contributed by atoms with E-state index in [0.29, 0.717) is 6.42 Å². The fourth-order valence-electron chi connectivity index (χ4n) is 1.54. The number of carbonyl (C=O) groups is 2. The Balaban J connectivity index is 4.90. The number of nitrogens with zero attached hydrogens (tertiary/aromatic N) is 1. The summed E-state index contributed by atoms with van der Waals surface area (Å²) in [6.45, 7) is 7.23. The zero-order valence-electron chi connectivity index (χ0n) is 9.78. The molecule has 1 atom stereocenters. The van der Waals surface area contributed by atoms with Crippen molar-refractivity contribution in [2.75, 3.05) is 6.54 Å². The maximum absolute atomic E-state index is 11.2. The van der Waals surface area contributed by atoms with Crippen LogP contribution >= 0.6 is 0 Å². The first-order chi connectivity index (χ1) is 6.70. The van der Waals surface area contributed by atoms with Crippen LogP contribution in [0.4, 0.5) is 0 Å². The van der Waals surface area contributed by atoms with Gasteiger partial charge < -0.3 is 10.8 Å². The average Bonchev–Trinajstić information content (AvgIpc) is 2.00. The van der Waals surface area contributed by atoms with Crippen LogP contribution in [-0.4, -0.2) is 40.0 Å². The van der Waals surface area contributed by atoms with E-state index < -0.39 is 23.5 Å². The number of primary amides is 1. The van der Waals surface area contributed by atoms with Gasteiger partial charge in [-0.05, 0) is 27.2 Å². The van der Waals surface area contributed by atoms with Crippen molar-refractivity contribution in [2.45, 2.75) is 45.7 Å². The van der Waals surface area contributed by atoms with E-state index in [0.717, 1.165) is 0 Å². The van der Waals surface area contributed by atoms with Crippen molar-refractivity contribution in [3.05, 3.63) is 0 Å². The second-order valence-corrected chi connectivity index (χ2v) is 4.52. The highest BCUT2D eigenvalue weighted by atomic mass is 16.4. The molecule has 0 aliphatic rings. The van der Waals surface area contributed by atoms with Crippen LogP contribution in [0.1, 0.15) is 34.1 Å². The molecule has 0 rings (SSSR count). The second kappa shape index (κ2) is 5.11. The summed E-state index contributed by atoms with van der Waals surface area (Å²) in [7, 11) is 0. The van der Waals surface area contributed by atoms with Crippen molar-refractivity contribution in [1.82, 2.24) is 4.90 Å². The minimum Gasteiger partial charge on any atom is -0.480 e. The molecule has 5 heteroatoms. The third-order valence-corrected chi connectivity index (χ3v) is 2.26. The van der Waals surface area contributed by atoms with Gasteiger partial charge in [0.15, 0.2) is 0 Å². The molecule has 15 heavy (non-hydrogen) atoms. The molecule has 0 saturated carbocycles. The average molecular weight is 216 g/mol. The lowest BCUT2D eigenvalue weighted by Gasteiger charge is -2.38. The summed E-state index contributed by atoms with van der Waals surface area (Å²) in [5, 5.41) is 8.78. The van der Waals surface area contributed by atoms with Gasteiger partial charge in [0.1, 0.15) is 0 Å². The molecule has 3 N–H and O–H groups in total. The maximum atomic E-state index is 11.2. The highest BCUT2D eigenvalue weighted by Gasteiger charge is 2.32. The van der Waals surface area contributed by atoms with Gasteiger partial charge in [0.2, 0.25) is 5.91 Å². The van der Waals surface area contributed by atoms with E-state index in [2.05, 4.69) is 0 Å². The molecule has 5 nitrogen and oxygen atoms in total. The van der Waals surface area contributed by atoms with Gasteiger partial charge >= 0.3 is 5.97 Å². The van der Waals surface area contributed by atoms with Crippen molar-refractivity contribution < 1.29 is 14.7 Å². The molecule has 0 aliphatic heterocycles. The summed E-state index contributed by atoms with van der Waals surface area (Å²) in [5.41, 5.74) is 4.85. The lowest BCUT2D eigenvalue weighted by molar-refractivity contribution is -0.142. The molecule has 0 bridgehead atoms. The Kier molecular flexibility index (Phi) is 4.74. The van der Waals surface area contributed by atoms with Gasteiger partial charge in [0.25, 0.3) is 0 Å². The molecular weight excluding hydrogens is 196 g/mol. The first kappa shape index (κ1) is 13.9. The number of carboxylic acid groups (broad SMARTS) is 1. The van der Waals surface area contributed by atoms with Gasteiger partial charge in [0, 0.05) is 5.54 Å². The van der Waals surface area contributed by atoms with E-state index in [-0.39, 0.29) is 6.54 Å². The minimum atomic E-state index is -0.954. The smallest absolute Gasteiger partial charge is 0.317 e. The van der Waals surface area contributed by atoms with Crippen LogP contribution in [0.2, 0.25) is 0 Å². The molecular formula is C10H20N2O3. The molecule has 0 spiro atoms. The van der Waals surface area contributed by atoms with Crippen molar-refractivity contribution in [2.24, 2.45) is 5.73 Å². The topological polar surface area (TPSA) is 83.6 Å². The van der Waals surface area contributed by atoms with Crippen LogP contribution < -0.4 is 5.73 Å². The summed E-state index contributed by atoms with van der Waals surface area (Å²) in [6, 6.07) is -0.527. The van der Waals surface area contributed by atoms with Crippen molar-refractivity contribution in [1.29, 1.82) is 0 Å². The van der Waals surface area contributed by atoms with Gasteiger partial charge in [0.05, 0.1) is 12.6 Å². The summed E-state index contributed by atoms with van der Waals surface area (Å²) in [6.07, 6.45) is 0.514. The molecule has 1 amide bonds. The third kappa shape index (κ3) is 4.29. The van der Waals surface area contributed by atoms with E-state index in [1.54, 1.807) is 4.90 Å². The van der Waals surface area contributed by atoms with Crippen LogP contribution in [-0.2, 0) is 9.59 Å². The van der Waals surface area contributed by atoms with Crippen LogP contribution in [0.3, 0.4) is 0 Å². The number of aliphatic carboxylic acids is 1. The predicted octanol–water partition coefficient (Wildman–Crippen LogP) is 0.435. The number of carboxylic acids is 1. The number of hydrogen-bond acceptors (Lipinski definition) is 3. The van der Waals surface area contributed by atoms with Gasteiger partial charge in [-0.15, -0.1) is 0 Å². The first-order valence-electron chi connectivity index (χ1n) is 4.98. The Labute approximate surface area is 90.2 Å². The molecule has 0 aliphatic carbocycles. The van der Waals surface area contributed by atoms with Gasteiger partial charge in [-0.3, -0.25) is 14.5 Å². The number of hydrogen-bond donors (Lipinski definition) is 2. The van der Waals surface area contributed by atoms with Crippen LogP contribution in [0.25, 0.3) is 0 Å².